The van der Waals surface area contributed by atoms with Crippen molar-refractivity contribution in [2.75, 3.05) is 0 Å². The highest BCUT2D eigenvalue weighted by atomic mass is 79.9. The summed E-state index contributed by atoms with van der Waals surface area (Å²) in [5.41, 5.74) is -0.754. The van der Waals surface area contributed by atoms with Crippen molar-refractivity contribution < 1.29 is 0 Å². The second-order valence-electron chi connectivity index (χ2n) is 2.94. The average molecular weight is 287 g/mol. The Morgan fingerprint density at radius 2 is 2.13 bits per heavy atom. The predicted molar refractivity (Wildman–Crippen MR) is 62.4 cm³/mol. The van der Waals surface area contributed by atoms with Crippen molar-refractivity contribution in [3.63, 3.8) is 0 Å². The summed E-state index contributed by atoms with van der Waals surface area (Å²) in [6.45, 7) is 0.478. The van der Waals surface area contributed by atoms with E-state index in [9.17, 15) is 9.59 Å². The van der Waals surface area contributed by atoms with Crippen molar-refractivity contribution in [2.24, 2.45) is 0 Å². The zero-order chi connectivity index (χ0) is 10.8. The molecule has 0 unspecified atom stereocenters. The number of hydrogen-bond donors (Lipinski definition) is 1. The van der Waals surface area contributed by atoms with E-state index in [0.29, 0.717) is 6.54 Å². The normalized spacial score (nSPS) is 10.5. The van der Waals surface area contributed by atoms with Gasteiger partial charge in [0.1, 0.15) is 0 Å². The van der Waals surface area contributed by atoms with Crippen molar-refractivity contribution in [1.29, 1.82) is 0 Å². The first-order valence-corrected chi connectivity index (χ1v) is 5.80. The lowest BCUT2D eigenvalue weighted by molar-refractivity contribution is 0.729. The van der Waals surface area contributed by atoms with Crippen LogP contribution in [0.4, 0.5) is 0 Å². The van der Waals surface area contributed by atoms with Gasteiger partial charge in [-0.3, -0.25) is 14.3 Å². The van der Waals surface area contributed by atoms with Gasteiger partial charge >= 0.3 is 5.69 Å². The first-order chi connectivity index (χ1) is 7.15. The fourth-order valence-electron chi connectivity index (χ4n) is 1.17. The first-order valence-electron chi connectivity index (χ1n) is 4.19. The predicted octanol–water partition coefficient (Wildman–Crippen LogP) is 1.41. The Hall–Kier alpha value is -1.14. The standard InChI is InChI=1S/C9H7BrN2O2S/c10-7-2-1-6(15-7)5-12-4-3-8(13)11-9(12)14/h1-4H,5H2,(H,11,13,14). The molecule has 6 heteroatoms. The molecule has 0 saturated carbocycles. The SMILES string of the molecule is O=c1ccn(Cc2ccc(Br)s2)c(=O)[nH]1. The zero-order valence-corrected chi connectivity index (χ0v) is 9.97. The number of halogens is 1. The number of hydrogen-bond acceptors (Lipinski definition) is 3. The highest BCUT2D eigenvalue weighted by Crippen LogP contribution is 2.22. The summed E-state index contributed by atoms with van der Waals surface area (Å²) in [5.74, 6) is 0. The van der Waals surface area contributed by atoms with Gasteiger partial charge in [-0.25, -0.2) is 4.79 Å². The average Bonchev–Trinajstić information content (AvgIpc) is 2.56. The highest BCUT2D eigenvalue weighted by molar-refractivity contribution is 9.11. The summed E-state index contributed by atoms with van der Waals surface area (Å²) in [5, 5.41) is 0. The van der Waals surface area contributed by atoms with Crippen LogP contribution in [0, 0.1) is 0 Å². The van der Waals surface area contributed by atoms with Gasteiger partial charge in [0.2, 0.25) is 0 Å². The van der Waals surface area contributed by atoms with Crippen LogP contribution in [0.1, 0.15) is 4.88 Å². The van der Waals surface area contributed by atoms with Crippen molar-refractivity contribution in [3.05, 3.63) is 53.9 Å². The molecule has 0 atom stereocenters. The summed E-state index contributed by atoms with van der Waals surface area (Å²) in [6.07, 6.45) is 1.49. The molecule has 2 aromatic rings. The minimum Gasteiger partial charge on any atom is -0.295 e. The van der Waals surface area contributed by atoms with E-state index in [2.05, 4.69) is 20.9 Å². The van der Waals surface area contributed by atoms with Crippen LogP contribution in [0.2, 0.25) is 0 Å². The first kappa shape index (κ1) is 10.4. The molecule has 0 aromatic carbocycles. The van der Waals surface area contributed by atoms with Crippen LogP contribution in [0.3, 0.4) is 0 Å². The fraction of sp³-hybridized carbons (Fsp3) is 0.111. The maximum atomic E-state index is 11.4. The van der Waals surface area contributed by atoms with E-state index in [4.69, 9.17) is 0 Å². The molecule has 0 aliphatic carbocycles. The molecule has 2 heterocycles. The molecular formula is C9H7BrN2O2S. The van der Waals surface area contributed by atoms with E-state index in [0.717, 1.165) is 8.66 Å². The number of nitrogens with one attached hydrogen (secondary N) is 1. The summed E-state index contributed by atoms with van der Waals surface area (Å²) >= 11 is 4.91. The molecule has 0 fully saturated rings. The molecule has 0 radical (unpaired) electrons. The van der Waals surface area contributed by atoms with E-state index in [1.807, 2.05) is 12.1 Å². The second kappa shape index (κ2) is 4.16. The zero-order valence-electron chi connectivity index (χ0n) is 7.57. The van der Waals surface area contributed by atoms with Gasteiger partial charge in [-0.05, 0) is 28.1 Å². The van der Waals surface area contributed by atoms with E-state index in [-0.39, 0.29) is 11.2 Å². The lowest BCUT2D eigenvalue weighted by atomic mass is 10.4. The third-order valence-electron chi connectivity index (χ3n) is 1.85. The number of nitrogens with zero attached hydrogens (tertiary/aromatic N) is 1. The second-order valence-corrected chi connectivity index (χ2v) is 5.49. The van der Waals surface area contributed by atoms with Crippen LogP contribution < -0.4 is 11.2 Å². The Kier molecular flexibility index (Phi) is 2.88. The van der Waals surface area contributed by atoms with Gasteiger partial charge in [0.15, 0.2) is 0 Å². The minimum absolute atomic E-state index is 0.372. The van der Waals surface area contributed by atoms with Gasteiger partial charge in [0.05, 0.1) is 10.3 Å². The molecule has 4 nitrogen and oxygen atoms in total. The third-order valence-corrected chi connectivity index (χ3v) is 3.46. The van der Waals surface area contributed by atoms with E-state index < -0.39 is 0 Å². The minimum atomic E-state index is -0.382. The van der Waals surface area contributed by atoms with Gasteiger partial charge in [-0.15, -0.1) is 11.3 Å². The summed E-state index contributed by atoms with van der Waals surface area (Å²) in [6, 6.07) is 5.20. The van der Waals surface area contributed by atoms with Crippen LogP contribution in [0.25, 0.3) is 0 Å². The molecule has 2 rings (SSSR count). The van der Waals surface area contributed by atoms with Gasteiger partial charge < -0.3 is 0 Å². The van der Waals surface area contributed by atoms with Gasteiger partial charge in [0.25, 0.3) is 5.56 Å². The van der Waals surface area contributed by atoms with Crippen LogP contribution in [-0.2, 0) is 6.54 Å². The van der Waals surface area contributed by atoms with Crippen molar-refractivity contribution in [1.82, 2.24) is 9.55 Å². The molecule has 1 N–H and O–H groups in total. The Morgan fingerprint density at radius 1 is 1.33 bits per heavy atom. The number of aromatic nitrogens is 2. The molecule has 0 aliphatic heterocycles. The number of aromatic amines is 1. The summed E-state index contributed by atoms with van der Waals surface area (Å²) in [4.78, 5) is 25.4. The molecule has 0 spiro atoms. The summed E-state index contributed by atoms with van der Waals surface area (Å²) in [7, 11) is 0. The smallest absolute Gasteiger partial charge is 0.295 e. The molecular weight excluding hydrogens is 280 g/mol. The van der Waals surface area contributed by atoms with E-state index >= 15 is 0 Å². The molecule has 0 saturated heterocycles. The van der Waals surface area contributed by atoms with Crippen LogP contribution >= 0.6 is 27.3 Å². The molecule has 15 heavy (non-hydrogen) atoms. The lowest BCUT2D eigenvalue weighted by Crippen LogP contribution is -2.28. The maximum absolute atomic E-state index is 11.4. The largest absolute Gasteiger partial charge is 0.328 e. The lowest BCUT2D eigenvalue weighted by Gasteiger charge is -2.00. The van der Waals surface area contributed by atoms with E-state index in [1.165, 1.54) is 16.8 Å². The maximum Gasteiger partial charge on any atom is 0.328 e. The Morgan fingerprint density at radius 3 is 2.73 bits per heavy atom. The van der Waals surface area contributed by atoms with Crippen molar-refractivity contribution >= 4 is 27.3 Å². The van der Waals surface area contributed by atoms with Crippen LogP contribution in [0.15, 0.2) is 37.8 Å². The molecule has 2 aromatic heterocycles. The van der Waals surface area contributed by atoms with Crippen LogP contribution in [-0.4, -0.2) is 9.55 Å². The number of rotatable bonds is 2. The monoisotopic (exact) mass is 286 g/mol. The topological polar surface area (TPSA) is 54.9 Å². The molecule has 0 aliphatic rings. The Labute approximate surface area is 97.3 Å². The third kappa shape index (κ3) is 2.45. The quantitative estimate of drug-likeness (QED) is 0.908. The highest BCUT2D eigenvalue weighted by Gasteiger charge is 2.00. The van der Waals surface area contributed by atoms with Crippen LogP contribution in [0.5, 0.6) is 0 Å². The number of thiophene rings is 1. The fourth-order valence-corrected chi connectivity index (χ4v) is 2.66. The van der Waals surface area contributed by atoms with Crippen molar-refractivity contribution in [3.8, 4) is 0 Å². The molecule has 78 valence electrons. The van der Waals surface area contributed by atoms with Crippen molar-refractivity contribution in [2.45, 2.75) is 6.54 Å². The molecule has 0 amide bonds. The Bertz CT molecular complexity index is 584. The number of H-pyrrole nitrogens is 1. The molecule has 0 bridgehead atoms. The summed E-state index contributed by atoms with van der Waals surface area (Å²) < 4.78 is 2.48. The Balaban J connectivity index is 2.32. The van der Waals surface area contributed by atoms with Gasteiger partial charge in [-0.1, -0.05) is 0 Å². The van der Waals surface area contributed by atoms with Gasteiger partial charge in [-0.2, -0.15) is 0 Å². The van der Waals surface area contributed by atoms with E-state index in [1.54, 1.807) is 11.3 Å². The van der Waals surface area contributed by atoms with Gasteiger partial charge in [0, 0.05) is 17.1 Å².